The van der Waals surface area contributed by atoms with Gasteiger partial charge in [0.1, 0.15) is 6.10 Å². The fraction of sp³-hybridized carbons (Fsp3) is 0.438. The summed E-state index contributed by atoms with van der Waals surface area (Å²) in [4.78, 5) is 27.7. The number of rotatable bonds is 7. The molecule has 3 aliphatic rings. The van der Waals surface area contributed by atoms with E-state index >= 15 is 0 Å². The van der Waals surface area contributed by atoms with Crippen molar-refractivity contribution in [3.05, 3.63) is 70.1 Å². The molecule has 0 radical (unpaired) electrons. The Morgan fingerprint density at radius 3 is 2.25 bits per heavy atom. The Bertz CT molecular complexity index is 1370. The summed E-state index contributed by atoms with van der Waals surface area (Å²) in [7, 11) is 4.66. The monoisotopic (exact) mass is 547 g/mol. The molecule has 8 heteroatoms. The van der Waals surface area contributed by atoms with Crippen molar-refractivity contribution < 1.29 is 33.6 Å². The van der Waals surface area contributed by atoms with Crippen molar-refractivity contribution in [3.63, 3.8) is 0 Å². The smallest absolute Gasteiger partial charge is 0.337 e. The number of hydrogen-bond donors (Lipinski definition) is 2. The Kier molecular flexibility index (Phi) is 8.05. The number of allylic oxidation sites excluding steroid dienone is 3. The van der Waals surface area contributed by atoms with Crippen molar-refractivity contribution in [2.45, 2.75) is 69.8 Å². The number of esters is 1. The van der Waals surface area contributed by atoms with Gasteiger partial charge in [-0.2, -0.15) is 0 Å². The average Bonchev–Trinajstić information content (AvgIpc) is 2.96. The maximum atomic E-state index is 14.0. The van der Waals surface area contributed by atoms with Crippen LogP contribution in [-0.2, 0) is 14.3 Å². The molecule has 0 saturated heterocycles. The van der Waals surface area contributed by atoms with Gasteiger partial charge in [0.2, 0.25) is 0 Å². The summed E-state index contributed by atoms with van der Waals surface area (Å²) in [5, 5.41) is 13.7. The van der Waals surface area contributed by atoms with Gasteiger partial charge in [-0.25, -0.2) is 4.79 Å². The normalized spacial score (nSPS) is 21.4. The number of carbonyl (C=O) groups is 2. The minimum atomic E-state index is -0.638. The van der Waals surface area contributed by atoms with Crippen molar-refractivity contribution in [3.8, 4) is 23.0 Å². The zero-order chi connectivity index (χ0) is 28.4. The van der Waals surface area contributed by atoms with Gasteiger partial charge in [-0.15, -0.1) is 0 Å². The van der Waals surface area contributed by atoms with Gasteiger partial charge in [0, 0.05) is 29.3 Å². The molecule has 1 saturated carbocycles. The summed E-state index contributed by atoms with van der Waals surface area (Å²) in [6, 6.07) is 10.7. The number of ketones is 1. The molecule has 0 spiro atoms. The molecule has 0 amide bonds. The first-order valence-corrected chi connectivity index (χ1v) is 13.9. The molecule has 0 aromatic heterocycles. The van der Waals surface area contributed by atoms with Crippen LogP contribution in [0.3, 0.4) is 0 Å². The number of methoxy groups -OCH3 is 3. The van der Waals surface area contributed by atoms with Crippen LogP contribution in [0, 0.1) is 0 Å². The summed E-state index contributed by atoms with van der Waals surface area (Å²) < 4.78 is 22.3. The van der Waals surface area contributed by atoms with Crippen LogP contribution in [0.5, 0.6) is 23.0 Å². The minimum Gasteiger partial charge on any atom is -0.504 e. The van der Waals surface area contributed by atoms with E-state index in [9.17, 15) is 14.7 Å². The molecule has 8 nitrogen and oxygen atoms in total. The summed E-state index contributed by atoms with van der Waals surface area (Å²) in [6.07, 6.45) is 5.68. The molecular formula is C32H37NO7. The number of hydrogen-bond acceptors (Lipinski definition) is 8. The summed E-state index contributed by atoms with van der Waals surface area (Å²) in [5.41, 5.74) is 4.11. The first kappa shape index (κ1) is 27.6. The topological polar surface area (TPSA) is 103 Å². The third-order valence-electron chi connectivity index (χ3n) is 8.29. The predicted octanol–water partition coefficient (Wildman–Crippen LogP) is 5.66. The van der Waals surface area contributed by atoms with Gasteiger partial charge >= 0.3 is 5.97 Å². The SMILES string of the molecule is COc1cc([C@H]2C(C(=O)OC3CCCCC3)=C(C)NC3=C2C(=O)C[C@H](c2ccc(OC)c(OC)c2)C3)ccc1O. The lowest BCUT2D eigenvalue weighted by atomic mass is 9.71. The Labute approximate surface area is 235 Å². The number of Topliss-reactive ketones (excluding diaryl/α,β-unsaturated/α-hetero) is 1. The second kappa shape index (κ2) is 11.7. The molecule has 40 heavy (non-hydrogen) atoms. The van der Waals surface area contributed by atoms with E-state index in [-0.39, 0.29) is 35.7 Å². The highest BCUT2D eigenvalue weighted by Gasteiger charge is 2.42. The van der Waals surface area contributed by atoms with Crippen molar-refractivity contribution in [2.24, 2.45) is 0 Å². The van der Waals surface area contributed by atoms with Crippen LogP contribution < -0.4 is 19.5 Å². The Morgan fingerprint density at radius 1 is 0.875 bits per heavy atom. The van der Waals surface area contributed by atoms with Crippen LogP contribution in [0.4, 0.5) is 0 Å². The molecule has 2 atom stereocenters. The average molecular weight is 548 g/mol. The zero-order valence-corrected chi connectivity index (χ0v) is 23.5. The number of phenolic OH excluding ortho intramolecular Hbond substituents is 1. The second-order valence-corrected chi connectivity index (χ2v) is 10.7. The quantitative estimate of drug-likeness (QED) is 0.429. The van der Waals surface area contributed by atoms with E-state index in [0.29, 0.717) is 40.3 Å². The van der Waals surface area contributed by atoms with Gasteiger partial charge in [0.05, 0.1) is 26.9 Å². The maximum Gasteiger partial charge on any atom is 0.337 e. The van der Waals surface area contributed by atoms with Gasteiger partial charge in [-0.05, 0) is 80.3 Å². The minimum absolute atomic E-state index is 0.00934. The molecule has 1 aliphatic heterocycles. The van der Waals surface area contributed by atoms with Crippen LogP contribution in [-0.4, -0.2) is 44.3 Å². The first-order valence-electron chi connectivity index (χ1n) is 13.9. The highest BCUT2D eigenvalue weighted by Crippen LogP contribution is 2.47. The van der Waals surface area contributed by atoms with Crippen LogP contribution in [0.2, 0.25) is 0 Å². The fourth-order valence-corrected chi connectivity index (χ4v) is 6.26. The van der Waals surface area contributed by atoms with E-state index in [0.717, 1.165) is 43.4 Å². The number of dihydropyridines is 1. The predicted molar refractivity (Wildman–Crippen MR) is 150 cm³/mol. The number of nitrogens with one attached hydrogen (secondary N) is 1. The largest absolute Gasteiger partial charge is 0.504 e. The molecule has 0 unspecified atom stereocenters. The van der Waals surface area contributed by atoms with Crippen LogP contribution in [0.1, 0.15) is 74.8 Å². The summed E-state index contributed by atoms with van der Waals surface area (Å²) >= 11 is 0. The number of ether oxygens (including phenoxy) is 4. The summed E-state index contributed by atoms with van der Waals surface area (Å²) in [6.45, 7) is 1.86. The first-order chi connectivity index (χ1) is 19.3. The van der Waals surface area contributed by atoms with Gasteiger partial charge < -0.3 is 29.4 Å². The van der Waals surface area contributed by atoms with Crippen molar-refractivity contribution in [2.75, 3.05) is 21.3 Å². The zero-order valence-electron chi connectivity index (χ0n) is 23.5. The lowest BCUT2D eigenvalue weighted by molar-refractivity contribution is -0.146. The molecule has 5 rings (SSSR count). The fourth-order valence-electron chi connectivity index (χ4n) is 6.26. The van der Waals surface area contributed by atoms with Gasteiger partial charge in [0.25, 0.3) is 0 Å². The van der Waals surface area contributed by atoms with Crippen LogP contribution in [0.25, 0.3) is 0 Å². The number of benzene rings is 2. The van der Waals surface area contributed by atoms with E-state index in [1.165, 1.54) is 13.2 Å². The molecule has 2 aromatic carbocycles. The lowest BCUT2D eigenvalue weighted by Crippen LogP contribution is -2.37. The van der Waals surface area contributed by atoms with E-state index in [2.05, 4.69) is 5.32 Å². The molecule has 1 fully saturated rings. The van der Waals surface area contributed by atoms with E-state index < -0.39 is 11.9 Å². The van der Waals surface area contributed by atoms with Crippen molar-refractivity contribution in [1.29, 1.82) is 0 Å². The standard InChI is InChI=1S/C32H37NO7/c1-18-29(32(36)40-22-8-6-5-7-9-22)30(20-10-12-24(34)27(17-20)38-3)31-23(33-18)14-21(15-25(31)35)19-11-13-26(37-2)28(16-19)39-4/h10-13,16-17,21-22,30,33-34H,5-9,14-15H2,1-4H3/t21-,30+/m1/s1. The molecule has 0 bridgehead atoms. The van der Waals surface area contributed by atoms with Crippen molar-refractivity contribution in [1.82, 2.24) is 5.32 Å². The molecule has 2 aromatic rings. The summed E-state index contributed by atoms with van der Waals surface area (Å²) in [5.74, 6) is 0.355. The van der Waals surface area contributed by atoms with Gasteiger partial charge in [-0.1, -0.05) is 18.6 Å². The Morgan fingerprint density at radius 2 is 1.55 bits per heavy atom. The van der Waals surface area contributed by atoms with Gasteiger partial charge in [-0.3, -0.25) is 4.79 Å². The maximum absolute atomic E-state index is 14.0. The van der Waals surface area contributed by atoms with Gasteiger partial charge in [0.15, 0.2) is 28.8 Å². The molecule has 212 valence electrons. The number of aromatic hydroxyl groups is 1. The number of phenols is 1. The highest BCUT2D eigenvalue weighted by molar-refractivity contribution is 6.04. The molecule has 1 heterocycles. The second-order valence-electron chi connectivity index (χ2n) is 10.7. The third-order valence-corrected chi connectivity index (χ3v) is 8.29. The third kappa shape index (κ3) is 5.27. The Hall–Kier alpha value is -3.94. The van der Waals surface area contributed by atoms with E-state index in [1.54, 1.807) is 26.4 Å². The van der Waals surface area contributed by atoms with Crippen LogP contribution >= 0.6 is 0 Å². The number of carbonyl (C=O) groups excluding carboxylic acids is 2. The molecular weight excluding hydrogens is 510 g/mol. The Balaban J connectivity index is 1.54. The highest BCUT2D eigenvalue weighted by atomic mass is 16.5. The molecule has 2 aliphatic carbocycles. The van der Waals surface area contributed by atoms with Crippen LogP contribution in [0.15, 0.2) is 58.9 Å². The van der Waals surface area contributed by atoms with E-state index in [4.69, 9.17) is 18.9 Å². The van der Waals surface area contributed by atoms with E-state index in [1.807, 2.05) is 25.1 Å². The lowest BCUT2D eigenvalue weighted by Gasteiger charge is -2.37. The van der Waals surface area contributed by atoms with Crippen molar-refractivity contribution >= 4 is 11.8 Å². The molecule has 2 N–H and O–H groups in total.